The average Bonchev–Trinajstić information content (AvgIpc) is 3.04. The number of aryl methyl sites for hydroxylation is 1. The van der Waals surface area contributed by atoms with Gasteiger partial charge in [-0.3, -0.25) is 14.3 Å². The van der Waals surface area contributed by atoms with Gasteiger partial charge >= 0.3 is 5.97 Å². The minimum Gasteiger partial charge on any atom is -0.480 e. The summed E-state index contributed by atoms with van der Waals surface area (Å²) < 4.78 is 1.42. The average molecular weight is 362 g/mol. The van der Waals surface area contributed by atoms with Gasteiger partial charge in [0, 0.05) is 35.8 Å². The van der Waals surface area contributed by atoms with Crippen LogP contribution >= 0.6 is 11.6 Å². The Bertz CT molecular complexity index is 803. The summed E-state index contributed by atoms with van der Waals surface area (Å²) in [4.78, 5) is 25.4. The summed E-state index contributed by atoms with van der Waals surface area (Å²) in [5.74, 6) is -0.802. The number of carboxylic acids is 1. The first-order valence-corrected chi connectivity index (χ1v) is 8.62. The van der Waals surface area contributed by atoms with Crippen LogP contribution in [0.15, 0.2) is 30.5 Å². The standard InChI is InChI=1S/C18H20ClN3O3/c1-12-9-13(4-5-15(12)19)18(25)21-7-2-3-14(10-21)16-6-8-22(20-16)11-17(23)24/h4-6,8-9,14H,2-3,7,10-11H2,1H3,(H,23,24). The molecule has 1 unspecified atom stereocenters. The molecule has 25 heavy (non-hydrogen) atoms. The molecule has 2 heterocycles. The molecule has 7 heteroatoms. The summed E-state index contributed by atoms with van der Waals surface area (Å²) in [6.07, 6.45) is 3.51. The van der Waals surface area contributed by atoms with Gasteiger partial charge in [0.2, 0.25) is 0 Å². The molecule has 1 amide bonds. The maximum Gasteiger partial charge on any atom is 0.325 e. The van der Waals surface area contributed by atoms with Crippen molar-refractivity contribution in [2.45, 2.75) is 32.2 Å². The second kappa shape index (κ2) is 7.27. The number of hydrogen-bond donors (Lipinski definition) is 1. The van der Waals surface area contributed by atoms with Crippen molar-refractivity contribution in [1.29, 1.82) is 0 Å². The van der Waals surface area contributed by atoms with Gasteiger partial charge in [-0.15, -0.1) is 0 Å². The first-order valence-electron chi connectivity index (χ1n) is 8.24. The van der Waals surface area contributed by atoms with E-state index in [1.54, 1.807) is 18.3 Å². The number of aliphatic carboxylic acids is 1. The minimum absolute atomic E-state index is 0.00515. The molecule has 0 saturated carbocycles. The van der Waals surface area contributed by atoms with Gasteiger partial charge in [-0.25, -0.2) is 0 Å². The van der Waals surface area contributed by atoms with E-state index in [0.29, 0.717) is 23.7 Å². The van der Waals surface area contributed by atoms with E-state index in [2.05, 4.69) is 5.10 Å². The summed E-state index contributed by atoms with van der Waals surface area (Å²) in [5, 5.41) is 13.8. The number of hydrogen-bond acceptors (Lipinski definition) is 3. The van der Waals surface area contributed by atoms with E-state index < -0.39 is 5.97 Å². The maximum atomic E-state index is 12.8. The van der Waals surface area contributed by atoms with Gasteiger partial charge in [-0.05, 0) is 49.6 Å². The molecule has 1 N–H and O–H groups in total. The number of halogens is 1. The Kier molecular flexibility index (Phi) is 5.08. The molecule has 0 aliphatic carbocycles. The van der Waals surface area contributed by atoms with Gasteiger partial charge in [-0.1, -0.05) is 11.6 Å². The number of benzene rings is 1. The summed E-state index contributed by atoms with van der Waals surface area (Å²) in [5.41, 5.74) is 2.36. The fourth-order valence-corrected chi connectivity index (χ4v) is 3.30. The van der Waals surface area contributed by atoms with Gasteiger partial charge in [0.25, 0.3) is 5.91 Å². The second-order valence-electron chi connectivity index (χ2n) is 6.39. The zero-order valence-electron chi connectivity index (χ0n) is 14.0. The van der Waals surface area contributed by atoms with Crippen molar-refractivity contribution in [2.24, 2.45) is 0 Å². The van der Waals surface area contributed by atoms with Gasteiger partial charge in [0.1, 0.15) is 6.54 Å². The Hall–Kier alpha value is -2.34. The molecule has 1 aliphatic heterocycles. The number of nitrogens with zero attached hydrogens (tertiary/aromatic N) is 3. The van der Waals surface area contributed by atoms with Crippen molar-refractivity contribution in [2.75, 3.05) is 13.1 Å². The van der Waals surface area contributed by atoms with Gasteiger partial charge in [0.05, 0.1) is 5.69 Å². The molecular weight excluding hydrogens is 342 g/mol. The minimum atomic E-state index is -0.923. The largest absolute Gasteiger partial charge is 0.480 e. The van der Waals surface area contributed by atoms with Crippen molar-refractivity contribution in [3.8, 4) is 0 Å². The summed E-state index contributed by atoms with van der Waals surface area (Å²) >= 11 is 6.04. The predicted molar refractivity (Wildman–Crippen MR) is 93.9 cm³/mol. The van der Waals surface area contributed by atoms with Crippen LogP contribution in [0.1, 0.15) is 40.4 Å². The highest BCUT2D eigenvalue weighted by atomic mass is 35.5. The van der Waals surface area contributed by atoms with Crippen LogP contribution in [0, 0.1) is 6.92 Å². The Morgan fingerprint density at radius 3 is 2.88 bits per heavy atom. The number of carbonyl (C=O) groups excluding carboxylic acids is 1. The Balaban J connectivity index is 1.72. The van der Waals surface area contributed by atoms with Crippen LogP contribution in [-0.2, 0) is 11.3 Å². The molecule has 0 bridgehead atoms. The van der Waals surface area contributed by atoms with E-state index >= 15 is 0 Å². The maximum absolute atomic E-state index is 12.8. The topological polar surface area (TPSA) is 75.4 Å². The van der Waals surface area contributed by atoms with Crippen LogP contribution in [0.25, 0.3) is 0 Å². The number of likely N-dealkylation sites (tertiary alicyclic amines) is 1. The van der Waals surface area contributed by atoms with Crippen LogP contribution in [0.4, 0.5) is 0 Å². The Labute approximate surface area is 151 Å². The lowest BCUT2D eigenvalue weighted by Gasteiger charge is -2.32. The zero-order valence-corrected chi connectivity index (χ0v) is 14.7. The fraction of sp³-hybridized carbons (Fsp3) is 0.389. The third-order valence-electron chi connectivity index (χ3n) is 4.49. The van der Waals surface area contributed by atoms with Crippen LogP contribution in [0.2, 0.25) is 5.02 Å². The lowest BCUT2D eigenvalue weighted by Crippen LogP contribution is -2.39. The lowest BCUT2D eigenvalue weighted by atomic mass is 9.94. The number of carbonyl (C=O) groups is 2. The number of piperidine rings is 1. The Morgan fingerprint density at radius 1 is 1.36 bits per heavy atom. The van der Waals surface area contributed by atoms with E-state index in [1.165, 1.54) is 4.68 Å². The molecule has 1 saturated heterocycles. The van der Waals surface area contributed by atoms with Crippen molar-refractivity contribution < 1.29 is 14.7 Å². The SMILES string of the molecule is Cc1cc(C(=O)N2CCCC(c3ccn(CC(=O)O)n3)C2)ccc1Cl. The van der Waals surface area contributed by atoms with Gasteiger partial charge in [0.15, 0.2) is 0 Å². The molecule has 1 fully saturated rings. The second-order valence-corrected chi connectivity index (χ2v) is 6.79. The lowest BCUT2D eigenvalue weighted by molar-refractivity contribution is -0.137. The zero-order chi connectivity index (χ0) is 18.0. The Morgan fingerprint density at radius 2 is 2.16 bits per heavy atom. The molecule has 1 aromatic carbocycles. The third kappa shape index (κ3) is 4.02. The molecular formula is C18H20ClN3O3. The number of aromatic nitrogens is 2. The van der Waals surface area contributed by atoms with Gasteiger partial charge in [-0.2, -0.15) is 5.10 Å². The molecule has 132 valence electrons. The van der Waals surface area contributed by atoms with Crippen LogP contribution < -0.4 is 0 Å². The molecule has 2 aromatic rings. The highest BCUT2D eigenvalue weighted by Gasteiger charge is 2.27. The monoisotopic (exact) mass is 361 g/mol. The smallest absolute Gasteiger partial charge is 0.325 e. The molecule has 1 aliphatic rings. The van der Waals surface area contributed by atoms with E-state index in [0.717, 1.165) is 24.1 Å². The normalized spacial score (nSPS) is 17.5. The molecule has 6 nitrogen and oxygen atoms in total. The van der Waals surface area contributed by atoms with E-state index in [9.17, 15) is 9.59 Å². The van der Waals surface area contributed by atoms with Crippen LogP contribution in [0.3, 0.4) is 0 Å². The molecule has 0 radical (unpaired) electrons. The highest BCUT2D eigenvalue weighted by Crippen LogP contribution is 2.27. The molecule has 3 rings (SSSR count). The van der Waals surface area contributed by atoms with Crippen LogP contribution in [-0.4, -0.2) is 44.8 Å². The predicted octanol–water partition coefficient (Wildman–Crippen LogP) is 2.95. The number of carboxylic acid groups (broad SMARTS) is 1. The quantitative estimate of drug-likeness (QED) is 0.908. The third-order valence-corrected chi connectivity index (χ3v) is 4.91. The molecule has 1 aromatic heterocycles. The van der Waals surface area contributed by atoms with Gasteiger partial charge < -0.3 is 10.0 Å². The van der Waals surface area contributed by atoms with Crippen molar-refractivity contribution in [3.05, 3.63) is 52.3 Å². The molecule has 1 atom stereocenters. The van der Waals surface area contributed by atoms with Crippen molar-refractivity contribution in [3.63, 3.8) is 0 Å². The van der Waals surface area contributed by atoms with E-state index in [4.69, 9.17) is 16.7 Å². The van der Waals surface area contributed by atoms with E-state index in [1.807, 2.05) is 24.0 Å². The number of amides is 1. The summed E-state index contributed by atoms with van der Waals surface area (Å²) in [7, 11) is 0. The van der Waals surface area contributed by atoms with Crippen molar-refractivity contribution >= 4 is 23.5 Å². The first kappa shape index (κ1) is 17.5. The van der Waals surface area contributed by atoms with Crippen molar-refractivity contribution in [1.82, 2.24) is 14.7 Å². The first-order chi connectivity index (χ1) is 11.9. The van der Waals surface area contributed by atoms with Crippen LogP contribution in [0.5, 0.6) is 0 Å². The molecule has 0 spiro atoms. The van der Waals surface area contributed by atoms with E-state index in [-0.39, 0.29) is 18.4 Å². The highest BCUT2D eigenvalue weighted by molar-refractivity contribution is 6.31. The summed E-state index contributed by atoms with van der Waals surface area (Å²) in [6.45, 7) is 3.03. The summed E-state index contributed by atoms with van der Waals surface area (Å²) in [6, 6.07) is 7.16. The number of rotatable bonds is 4. The fourth-order valence-electron chi connectivity index (χ4n) is 3.19.